The van der Waals surface area contributed by atoms with E-state index >= 15 is 0 Å². The molecule has 3 heterocycles. The van der Waals surface area contributed by atoms with Gasteiger partial charge < -0.3 is 15.5 Å². The topological polar surface area (TPSA) is 57.3 Å². The molecule has 1 aliphatic carbocycles. The summed E-state index contributed by atoms with van der Waals surface area (Å²) in [6.45, 7) is 4.57. The number of hydrogen-bond donors (Lipinski definition) is 2. The summed E-state index contributed by atoms with van der Waals surface area (Å²) < 4.78 is 28.1. The second-order valence-electron chi connectivity index (χ2n) is 9.32. The van der Waals surface area contributed by atoms with E-state index in [0.717, 1.165) is 57.8 Å². The van der Waals surface area contributed by atoms with Gasteiger partial charge in [-0.15, -0.1) is 0 Å². The highest BCUT2D eigenvalue weighted by Crippen LogP contribution is 2.40. The van der Waals surface area contributed by atoms with Crippen LogP contribution in [0.4, 0.5) is 14.5 Å². The average molecular weight is 427 g/mol. The number of carbonyl (C=O) groups excluding carboxylic acids is 1. The Balaban J connectivity index is 1.56. The first-order valence-corrected chi connectivity index (χ1v) is 11.2. The van der Waals surface area contributed by atoms with Crippen LogP contribution < -0.4 is 15.5 Å². The van der Waals surface area contributed by atoms with E-state index in [1.54, 1.807) is 12.4 Å². The summed E-state index contributed by atoms with van der Waals surface area (Å²) in [6.07, 6.45) is 8.67. The molecule has 0 bridgehead atoms. The minimum Gasteiger partial charge on any atom is -0.368 e. The number of aromatic nitrogens is 1. The zero-order valence-corrected chi connectivity index (χ0v) is 17.8. The van der Waals surface area contributed by atoms with Gasteiger partial charge in [-0.2, -0.15) is 0 Å². The van der Waals surface area contributed by atoms with E-state index in [1.165, 1.54) is 12.1 Å². The molecule has 3 aliphatic rings. The molecule has 3 fully saturated rings. The predicted molar refractivity (Wildman–Crippen MR) is 116 cm³/mol. The Morgan fingerprint density at radius 2 is 2.00 bits per heavy atom. The van der Waals surface area contributed by atoms with Gasteiger partial charge in [0.2, 0.25) is 0 Å². The van der Waals surface area contributed by atoms with Gasteiger partial charge in [-0.3, -0.25) is 9.78 Å². The van der Waals surface area contributed by atoms with Crippen molar-refractivity contribution in [2.24, 2.45) is 5.92 Å². The first-order valence-electron chi connectivity index (χ1n) is 11.2. The summed E-state index contributed by atoms with van der Waals surface area (Å²) in [5.74, 6) is -0.943. The van der Waals surface area contributed by atoms with E-state index in [1.807, 2.05) is 6.92 Å². The maximum Gasteiger partial charge on any atom is 0.255 e. The smallest absolute Gasteiger partial charge is 0.255 e. The number of anilines is 1. The van der Waals surface area contributed by atoms with Crippen LogP contribution in [0, 0.1) is 17.6 Å². The number of amides is 1. The summed E-state index contributed by atoms with van der Waals surface area (Å²) in [5.41, 5.74) is 2.20. The molecule has 2 saturated heterocycles. The van der Waals surface area contributed by atoms with Crippen LogP contribution in [0.1, 0.15) is 49.4 Å². The molecule has 5 nitrogen and oxygen atoms in total. The van der Waals surface area contributed by atoms with Gasteiger partial charge in [-0.25, -0.2) is 8.78 Å². The summed E-state index contributed by atoms with van der Waals surface area (Å²) in [6, 6.07) is 3.56. The van der Waals surface area contributed by atoms with Crippen molar-refractivity contribution in [3.05, 3.63) is 47.8 Å². The lowest BCUT2D eigenvalue weighted by atomic mass is 9.96. The van der Waals surface area contributed by atoms with Crippen molar-refractivity contribution in [1.29, 1.82) is 0 Å². The highest BCUT2D eigenvalue weighted by atomic mass is 19.1. The van der Waals surface area contributed by atoms with Crippen molar-refractivity contribution in [2.75, 3.05) is 24.5 Å². The Hall–Kier alpha value is -2.54. The third-order valence-corrected chi connectivity index (χ3v) is 7.03. The summed E-state index contributed by atoms with van der Waals surface area (Å²) in [7, 11) is 0. The number of nitrogens with zero attached hydrogens (tertiary/aromatic N) is 2. The fourth-order valence-electron chi connectivity index (χ4n) is 5.16. The summed E-state index contributed by atoms with van der Waals surface area (Å²) in [4.78, 5) is 19.7. The van der Waals surface area contributed by atoms with Crippen LogP contribution in [0.5, 0.6) is 0 Å². The molecule has 164 valence electrons. The van der Waals surface area contributed by atoms with Crippen LogP contribution >= 0.6 is 0 Å². The normalized spacial score (nSPS) is 24.0. The number of pyridine rings is 1. The van der Waals surface area contributed by atoms with Crippen molar-refractivity contribution in [3.8, 4) is 11.1 Å². The maximum absolute atomic E-state index is 14.0. The Morgan fingerprint density at radius 1 is 1.23 bits per heavy atom. The summed E-state index contributed by atoms with van der Waals surface area (Å²) in [5, 5.41) is 6.75. The lowest BCUT2D eigenvalue weighted by molar-refractivity contribution is 0.0936. The number of halogens is 2. The maximum atomic E-state index is 14.0. The molecule has 1 aromatic heterocycles. The second kappa shape index (κ2) is 7.86. The fraction of sp³-hybridized carbons (Fsp3) is 0.500. The van der Waals surface area contributed by atoms with Crippen molar-refractivity contribution in [2.45, 2.75) is 50.6 Å². The van der Waals surface area contributed by atoms with Gasteiger partial charge in [-0.05, 0) is 69.2 Å². The monoisotopic (exact) mass is 426 g/mol. The standard InChI is InChI=1S/C24H28F2N4O/c1-15(16-3-4-16)29-23(31)21-13-27-12-20(17-9-18(25)11-19(26)10-17)22(21)30-8-6-24(14-30)5-2-7-28-24/h9-13,15-16,28H,2-8,14H2,1H3,(H,29,31)/t15-,24?/m0/s1. The second-order valence-corrected chi connectivity index (χ2v) is 9.32. The van der Waals surface area contributed by atoms with Crippen LogP contribution in [-0.2, 0) is 0 Å². The first kappa shape index (κ1) is 20.4. The Kier molecular flexibility index (Phi) is 5.16. The molecule has 1 amide bonds. The molecule has 2 aliphatic heterocycles. The summed E-state index contributed by atoms with van der Waals surface area (Å²) >= 11 is 0. The quantitative estimate of drug-likeness (QED) is 0.762. The third kappa shape index (κ3) is 4.03. The fourth-order valence-corrected chi connectivity index (χ4v) is 5.16. The molecule has 0 radical (unpaired) electrons. The van der Waals surface area contributed by atoms with E-state index in [9.17, 15) is 13.6 Å². The zero-order chi connectivity index (χ0) is 21.6. The van der Waals surface area contributed by atoms with Gasteiger partial charge in [-0.1, -0.05) is 0 Å². The van der Waals surface area contributed by atoms with Gasteiger partial charge >= 0.3 is 0 Å². The van der Waals surface area contributed by atoms with Gasteiger partial charge in [0.15, 0.2) is 0 Å². The van der Waals surface area contributed by atoms with Gasteiger partial charge in [0.05, 0.1) is 11.3 Å². The SMILES string of the molecule is C[C@H](NC(=O)c1cncc(-c2cc(F)cc(F)c2)c1N1CCC2(CCCN2)C1)C1CC1. The number of nitrogens with one attached hydrogen (secondary N) is 2. The number of carbonyl (C=O) groups is 1. The van der Waals surface area contributed by atoms with Crippen molar-refractivity contribution < 1.29 is 13.6 Å². The number of rotatable bonds is 5. The lowest BCUT2D eigenvalue weighted by Gasteiger charge is -2.28. The average Bonchev–Trinajstić information content (AvgIpc) is 3.37. The molecule has 1 saturated carbocycles. The molecule has 2 aromatic rings. The molecule has 31 heavy (non-hydrogen) atoms. The molecular weight excluding hydrogens is 398 g/mol. The van der Waals surface area contributed by atoms with Crippen molar-refractivity contribution >= 4 is 11.6 Å². The first-order chi connectivity index (χ1) is 14.9. The van der Waals surface area contributed by atoms with Gasteiger partial charge in [0.1, 0.15) is 11.6 Å². The predicted octanol–water partition coefficient (Wildman–Crippen LogP) is 3.89. The van der Waals surface area contributed by atoms with Crippen molar-refractivity contribution in [3.63, 3.8) is 0 Å². The van der Waals surface area contributed by atoms with E-state index in [2.05, 4.69) is 20.5 Å². The third-order valence-electron chi connectivity index (χ3n) is 7.03. The van der Waals surface area contributed by atoms with E-state index < -0.39 is 11.6 Å². The van der Waals surface area contributed by atoms with Crippen LogP contribution in [0.2, 0.25) is 0 Å². The van der Waals surface area contributed by atoms with Crippen LogP contribution in [-0.4, -0.2) is 42.1 Å². The molecule has 1 aromatic carbocycles. The van der Waals surface area contributed by atoms with E-state index in [0.29, 0.717) is 28.3 Å². The van der Waals surface area contributed by atoms with Gasteiger partial charge in [0, 0.05) is 48.7 Å². The largest absolute Gasteiger partial charge is 0.368 e. The van der Waals surface area contributed by atoms with Crippen LogP contribution in [0.25, 0.3) is 11.1 Å². The van der Waals surface area contributed by atoms with Crippen LogP contribution in [0.3, 0.4) is 0 Å². The Bertz CT molecular complexity index is 981. The van der Waals surface area contributed by atoms with E-state index in [4.69, 9.17) is 0 Å². The van der Waals surface area contributed by atoms with E-state index in [-0.39, 0.29) is 17.5 Å². The highest BCUT2D eigenvalue weighted by molar-refractivity contribution is 6.03. The molecule has 2 N–H and O–H groups in total. The minimum atomic E-state index is -0.645. The molecule has 2 atom stereocenters. The lowest BCUT2D eigenvalue weighted by Crippen LogP contribution is -2.43. The molecule has 1 unspecified atom stereocenters. The van der Waals surface area contributed by atoms with Gasteiger partial charge in [0.25, 0.3) is 5.91 Å². The zero-order valence-electron chi connectivity index (χ0n) is 17.8. The molecule has 5 rings (SSSR count). The molecule has 1 spiro atoms. The van der Waals surface area contributed by atoms with Crippen LogP contribution in [0.15, 0.2) is 30.6 Å². The molecular formula is C24H28F2N4O. The van der Waals surface area contributed by atoms with Crippen molar-refractivity contribution in [1.82, 2.24) is 15.6 Å². The minimum absolute atomic E-state index is 0.0444. The highest BCUT2D eigenvalue weighted by Gasteiger charge is 2.41. The Labute approximate surface area is 181 Å². The number of hydrogen-bond acceptors (Lipinski definition) is 4. The Morgan fingerprint density at radius 3 is 2.68 bits per heavy atom. The molecule has 7 heteroatoms. The number of benzene rings is 1.